The van der Waals surface area contributed by atoms with Crippen LogP contribution in [0.1, 0.15) is 45.4 Å². The second-order valence-electron chi connectivity index (χ2n) is 6.00. The Labute approximate surface area is 119 Å². The van der Waals surface area contributed by atoms with E-state index in [0.29, 0.717) is 19.4 Å². The number of rotatable bonds is 2. The van der Waals surface area contributed by atoms with Crippen molar-refractivity contribution < 1.29 is 19.8 Å². The predicted molar refractivity (Wildman–Crippen MR) is 73.3 cm³/mol. The molecule has 0 radical (unpaired) electrons. The zero-order valence-electron chi connectivity index (χ0n) is 11.9. The van der Waals surface area contributed by atoms with Crippen molar-refractivity contribution in [2.45, 2.75) is 63.6 Å². The van der Waals surface area contributed by atoms with Gasteiger partial charge in [0, 0.05) is 6.54 Å². The van der Waals surface area contributed by atoms with Crippen LogP contribution in [0.4, 0.5) is 4.79 Å². The lowest BCUT2D eigenvalue weighted by molar-refractivity contribution is -0.142. The van der Waals surface area contributed by atoms with E-state index in [-0.39, 0.29) is 18.0 Å². The van der Waals surface area contributed by atoms with Crippen LogP contribution in [-0.4, -0.2) is 51.8 Å². The third-order valence-corrected chi connectivity index (χ3v) is 4.50. The molecule has 0 aromatic carbocycles. The number of aliphatic hydroxyl groups is 1. The summed E-state index contributed by atoms with van der Waals surface area (Å²) in [6.45, 7) is 2.32. The fraction of sp³-hybridized carbons (Fsp3) is 0.857. The minimum absolute atomic E-state index is 0.0303. The van der Waals surface area contributed by atoms with E-state index in [9.17, 15) is 19.8 Å². The average molecular weight is 284 g/mol. The van der Waals surface area contributed by atoms with Crippen LogP contribution in [-0.2, 0) is 4.79 Å². The predicted octanol–water partition coefficient (Wildman–Crippen LogP) is 1.18. The fourth-order valence-electron chi connectivity index (χ4n) is 3.25. The second kappa shape index (κ2) is 6.43. The second-order valence-corrected chi connectivity index (χ2v) is 6.00. The summed E-state index contributed by atoms with van der Waals surface area (Å²) in [6.07, 6.45) is 4.68. The number of hydrogen-bond acceptors (Lipinski definition) is 3. The molecule has 1 saturated carbocycles. The topological polar surface area (TPSA) is 89.9 Å². The molecule has 2 rings (SSSR count). The number of carboxylic acid groups (broad SMARTS) is 1. The lowest BCUT2D eigenvalue weighted by Gasteiger charge is -2.28. The molecule has 0 aromatic rings. The molecule has 4 atom stereocenters. The molecular weight excluding hydrogens is 260 g/mol. The van der Waals surface area contributed by atoms with Gasteiger partial charge in [0.1, 0.15) is 6.04 Å². The first-order chi connectivity index (χ1) is 9.50. The highest BCUT2D eigenvalue weighted by Gasteiger charge is 2.40. The highest BCUT2D eigenvalue weighted by Crippen LogP contribution is 2.25. The summed E-state index contributed by atoms with van der Waals surface area (Å²) in [5.74, 6) is -0.983. The number of aliphatic hydroxyl groups excluding tert-OH is 1. The van der Waals surface area contributed by atoms with E-state index >= 15 is 0 Å². The summed E-state index contributed by atoms with van der Waals surface area (Å²) in [5.41, 5.74) is 0. The largest absolute Gasteiger partial charge is 0.480 e. The van der Waals surface area contributed by atoms with Gasteiger partial charge in [-0.2, -0.15) is 0 Å². The van der Waals surface area contributed by atoms with Gasteiger partial charge < -0.3 is 20.4 Å². The third-order valence-electron chi connectivity index (χ3n) is 4.50. The molecule has 2 fully saturated rings. The number of carboxylic acids is 1. The van der Waals surface area contributed by atoms with Gasteiger partial charge in [-0.1, -0.05) is 26.2 Å². The molecule has 0 aromatic heterocycles. The Hall–Kier alpha value is -1.30. The van der Waals surface area contributed by atoms with Crippen molar-refractivity contribution in [1.82, 2.24) is 10.2 Å². The number of nitrogens with one attached hydrogen (secondary N) is 1. The molecule has 4 unspecified atom stereocenters. The monoisotopic (exact) mass is 284 g/mol. The van der Waals surface area contributed by atoms with Gasteiger partial charge in [0.2, 0.25) is 0 Å². The van der Waals surface area contributed by atoms with Crippen molar-refractivity contribution in [3.05, 3.63) is 0 Å². The van der Waals surface area contributed by atoms with Gasteiger partial charge in [-0.25, -0.2) is 9.59 Å². The van der Waals surface area contributed by atoms with Gasteiger partial charge >= 0.3 is 12.0 Å². The number of urea groups is 1. The summed E-state index contributed by atoms with van der Waals surface area (Å²) in [7, 11) is 0. The van der Waals surface area contributed by atoms with Crippen LogP contribution in [0.15, 0.2) is 0 Å². The van der Waals surface area contributed by atoms with E-state index < -0.39 is 18.1 Å². The first-order valence-corrected chi connectivity index (χ1v) is 7.48. The van der Waals surface area contributed by atoms with E-state index in [1.54, 1.807) is 0 Å². The Balaban J connectivity index is 1.98. The first-order valence-electron chi connectivity index (χ1n) is 7.48. The Morgan fingerprint density at radius 2 is 1.85 bits per heavy atom. The fourth-order valence-corrected chi connectivity index (χ4v) is 3.25. The lowest BCUT2D eigenvalue weighted by atomic mass is 10.0. The molecule has 0 bridgehead atoms. The van der Waals surface area contributed by atoms with Crippen LogP contribution in [0.25, 0.3) is 0 Å². The van der Waals surface area contributed by atoms with Crippen molar-refractivity contribution in [3.8, 4) is 0 Å². The van der Waals surface area contributed by atoms with E-state index in [1.165, 1.54) is 4.90 Å². The van der Waals surface area contributed by atoms with Crippen LogP contribution < -0.4 is 5.32 Å². The summed E-state index contributed by atoms with van der Waals surface area (Å²) in [4.78, 5) is 24.9. The van der Waals surface area contributed by atoms with E-state index in [1.807, 2.05) is 6.92 Å². The summed E-state index contributed by atoms with van der Waals surface area (Å²) < 4.78 is 0. The van der Waals surface area contributed by atoms with Crippen molar-refractivity contribution in [3.63, 3.8) is 0 Å². The maximum absolute atomic E-state index is 12.3. The Morgan fingerprint density at radius 3 is 2.55 bits per heavy atom. The summed E-state index contributed by atoms with van der Waals surface area (Å²) >= 11 is 0. The first kappa shape index (κ1) is 15.1. The maximum atomic E-state index is 12.3. The number of likely N-dealkylation sites (tertiary alicyclic amines) is 1. The van der Waals surface area contributed by atoms with Crippen LogP contribution in [0.5, 0.6) is 0 Å². The van der Waals surface area contributed by atoms with Crippen molar-refractivity contribution in [2.24, 2.45) is 5.92 Å². The van der Waals surface area contributed by atoms with Crippen LogP contribution in [0.3, 0.4) is 0 Å². The molecule has 2 amide bonds. The van der Waals surface area contributed by atoms with Gasteiger partial charge in [0.15, 0.2) is 0 Å². The number of aliphatic carboxylic acids is 1. The van der Waals surface area contributed by atoms with Crippen molar-refractivity contribution >= 4 is 12.0 Å². The maximum Gasteiger partial charge on any atom is 0.326 e. The zero-order chi connectivity index (χ0) is 14.7. The normalized spacial score (nSPS) is 34.6. The molecule has 3 N–H and O–H groups in total. The Bertz CT molecular complexity index is 374. The van der Waals surface area contributed by atoms with Crippen LogP contribution in [0, 0.1) is 5.92 Å². The van der Waals surface area contributed by atoms with Gasteiger partial charge in [0.25, 0.3) is 0 Å². The van der Waals surface area contributed by atoms with E-state index in [2.05, 4.69) is 5.32 Å². The average Bonchev–Trinajstić information content (AvgIpc) is 2.67. The Kier molecular flexibility index (Phi) is 4.86. The highest BCUT2D eigenvalue weighted by atomic mass is 16.4. The minimum atomic E-state index is -0.952. The molecule has 20 heavy (non-hydrogen) atoms. The van der Waals surface area contributed by atoms with Gasteiger partial charge in [-0.05, 0) is 25.2 Å². The number of nitrogens with zero attached hydrogens (tertiary/aromatic N) is 1. The molecule has 6 heteroatoms. The molecule has 114 valence electrons. The molecule has 1 aliphatic heterocycles. The van der Waals surface area contributed by atoms with E-state index in [4.69, 9.17) is 0 Å². The number of carbonyl (C=O) groups excluding carboxylic acids is 1. The van der Waals surface area contributed by atoms with Crippen LogP contribution in [0.2, 0.25) is 0 Å². The molecule has 0 spiro atoms. The Morgan fingerprint density at radius 1 is 1.15 bits per heavy atom. The number of carbonyl (C=O) groups is 2. The van der Waals surface area contributed by atoms with Gasteiger partial charge in [0.05, 0.1) is 12.1 Å². The molecule has 2 aliphatic rings. The zero-order valence-corrected chi connectivity index (χ0v) is 11.9. The van der Waals surface area contributed by atoms with Gasteiger partial charge in [-0.15, -0.1) is 0 Å². The molecule has 1 heterocycles. The lowest BCUT2D eigenvalue weighted by Crippen LogP contribution is -2.52. The molecular formula is C14H24N2O4. The SMILES string of the molecule is CC1CCN(C(=O)NC2CCCCCC2O)C1C(=O)O. The minimum Gasteiger partial charge on any atom is -0.480 e. The number of hydrogen-bond donors (Lipinski definition) is 3. The summed E-state index contributed by atoms with van der Waals surface area (Å²) in [5, 5.41) is 22.1. The standard InChI is InChI=1S/C14H24N2O4/c1-9-7-8-16(12(9)13(18)19)14(20)15-10-5-3-2-4-6-11(10)17/h9-12,17H,2-8H2,1H3,(H,15,20)(H,18,19). The third kappa shape index (κ3) is 3.23. The van der Waals surface area contributed by atoms with Crippen molar-refractivity contribution in [1.29, 1.82) is 0 Å². The number of amides is 2. The van der Waals surface area contributed by atoms with Gasteiger partial charge in [-0.3, -0.25) is 0 Å². The molecule has 6 nitrogen and oxygen atoms in total. The van der Waals surface area contributed by atoms with E-state index in [0.717, 1.165) is 25.7 Å². The molecule has 1 aliphatic carbocycles. The highest BCUT2D eigenvalue weighted by molar-refractivity contribution is 5.83. The van der Waals surface area contributed by atoms with Crippen molar-refractivity contribution in [2.75, 3.05) is 6.54 Å². The smallest absolute Gasteiger partial charge is 0.326 e. The summed E-state index contributed by atoms with van der Waals surface area (Å²) in [6, 6.07) is -1.36. The van der Waals surface area contributed by atoms with Crippen LogP contribution >= 0.6 is 0 Å². The quantitative estimate of drug-likeness (QED) is 0.664. The molecule has 1 saturated heterocycles.